The number of hydrogen-bond donors (Lipinski definition) is 0. The molecule has 0 spiro atoms. The molecule has 1 rings (SSSR count). The normalized spacial score (nSPS) is 25.6. The van der Waals surface area contributed by atoms with Gasteiger partial charge in [0.25, 0.3) is 0 Å². The molecule has 0 saturated carbocycles. The van der Waals surface area contributed by atoms with Crippen LogP contribution in [-0.2, 0) is 19.1 Å². The van der Waals surface area contributed by atoms with Gasteiger partial charge in [-0.1, -0.05) is 0 Å². The van der Waals surface area contributed by atoms with E-state index in [1.807, 2.05) is 0 Å². The minimum Gasteiger partial charge on any atom is -0.403 e. The molecule has 1 aliphatic rings. The van der Waals surface area contributed by atoms with E-state index >= 15 is 0 Å². The molecule has 0 N–H and O–H groups in total. The maximum atomic E-state index is 11.0. The number of cyclic esters (lactones) is 2. The summed E-state index contributed by atoms with van der Waals surface area (Å²) < 4.78 is 9.01. The molecule has 1 fully saturated rings. The molecule has 1 heterocycles. The third kappa shape index (κ3) is 1.56. The van der Waals surface area contributed by atoms with E-state index in [0.717, 1.165) is 0 Å². The average Bonchev–Trinajstić information content (AvgIpc) is 2.02. The Balaban J connectivity index is 3.07. The highest BCUT2D eigenvalue weighted by Gasteiger charge is 2.51. The molecule has 0 amide bonds. The molecular formula is C6H4N4O4. The van der Waals surface area contributed by atoms with Crippen LogP contribution in [0.5, 0.6) is 0 Å². The molecule has 0 bridgehead atoms. The van der Waals surface area contributed by atoms with Gasteiger partial charge in [-0.3, -0.25) is 0 Å². The minimum absolute atomic E-state index is 0.705. The van der Waals surface area contributed by atoms with Crippen molar-refractivity contribution in [2.24, 2.45) is 0 Å². The van der Waals surface area contributed by atoms with Crippen LogP contribution in [0.1, 0.15) is 6.92 Å². The van der Waals surface area contributed by atoms with Crippen molar-refractivity contribution in [1.82, 2.24) is 0 Å². The van der Waals surface area contributed by atoms with Gasteiger partial charge in [-0.2, -0.15) is 9.58 Å². The average molecular weight is 196 g/mol. The van der Waals surface area contributed by atoms with Crippen molar-refractivity contribution in [1.29, 1.82) is 0 Å². The first kappa shape index (κ1) is 9.79. The summed E-state index contributed by atoms with van der Waals surface area (Å²) in [6.07, 6.45) is 0.705. The molecule has 8 nitrogen and oxygen atoms in total. The monoisotopic (exact) mass is 196 g/mol. The summed E-state index contributed by atoms with van der Waals surface area (Å²) in [6, 6.07) is 0. The van der Waals surface area contributed by atoms with Gasteiger partial charge in [0.15, 0.2) is 0 Å². The zero-order chi connectivity index (χ0) is 10.8. The number of rotatable bonds is 1. The van der Waals surface area contributed by atoms with Gasteiger partial charge < -0.3 is 20.5 Å². The molecule has 0 radical (unpaired) electrons. The molecule has 0 aliphatic carbocycles. The molecule has 72 valence electrons. The Bertz CT molecular complexity index is 382. The summed E-state index contributed by atoms with van der Waals surface area (Å²) in [6.45, 7) is 1.18. The summed E-state index contributed by atoms with van der Waals surface area (Å²) in [5.41, 5.74) is 15.6. The highest BCUT2D eigenvalue weighted by molar-refractivity contribution is 6.61. The lowest BCUT2D eigenvalue weighted by Crippen LogP contribution is -2.50. The number of carbonyl (C=O) groups is 2. The first-order valence-electron chi connectivity index (χ1n) is 3.40. The highest BCUT2D eigenvalue weighted by Crippen LogP contribution is 2.15. The molecule has 0 aromatic heterocycles. The lowest BCUT2D eigenvalue weighted by Gasteiger charge is -2.22. The molecule has 0 aromatic rings. The quantitative estimate of drug-likeness (QED) is 0.225. The van der Waals surface area contributed by atoms with Gasteiger partial charge in [-0.15, -0.1) is 0 Å². The van der Waals surface area contributed by atoms with E-state index in [9.17, 15) is 9.59 Å². The minimum atomic E-state index is -1.78. The van der Waals surface area contributed by atoms with E-state index in [0.29, 0.717) is 6.21 Å². The van der Waals surface area contributed by atoms with E-state index in [2.05, 4.69) is 19.1 Å². The second-order valence-corrected chi connectivity index (χ2v) is 2.49. The third-order valence-corrected chi connectivity index (χ3v) is 1.37. The van der Waals surface area contributed by atoms with E-state index in [-0.39, 0.29) is 0 Å². The van der Waals surface area contributed by atoms with E-state index in [4.69, 9.17) is 11.1 Å². The maximum absolute atomic E-state index is 11.0. The molecular weight excluding hydrogens is 192 g/mol. The van der Waals surface area contributed by atoms with Crippen LogP contribution in [0.2, 0.25) is 0 Å². The van der Waals surface area contributed by atoms with Crippen molar-refractivity contribution in [3.05, 3.63) is 11.1 Å². The molecule has 0 atom stereocenters. The molecule has 8 heteroatoms. The third-order valence-electron chi connectivity index (χ3n) is 1.37. The zero-order valence-electron chi connectivity index (χ0n) is 7.00. The second kappa shape index (κ2) is 3.21. The Morgan fingerprint density at radius 2 is 1.79 bits per heavy atom. The van der Waals surface area contributed by atoms with E-state index < -0.39 is 23.4 Å². The number of hydrogen-bond acceptors (Lipinski definition) is 4. The predicted octanol–water partition coefficient (Wildman–Crippen LogP) is -1.23. The number of nitrogens with zero attached hydrogens (tertiary/aromatic N) is 4. The van der Waals surface area contributed by atoms with Crippen LogP contribution in [0.25, 0.3) is 11.1 Å². The number of esters is 2. The Morgan fingerprint density at radius 1 is 1.29 bits per heavy atom. The SMILES string of the molecule is CC1(C=[N+]=[N-])OC(=O)C(=[N+]=[N-])C(=O)O1. The van der Waals surface area contributed by atoms with Gasteiger partial charge in [-0.05, 0) is 0 Å². The smallest absolute Gasteiger partial charge is 0.403 e. The van der Waals surface area contributed by atoms with Crippen LogP contribution in [0, 0.1) is 0 Å². The predicted molar refractivity (Wildman–Crippen MR) is 38.9 cm³/mol. The molecule has 1 aliphatic heterocycles. The van der Waals surface area contributed by atoms with Crippen LogP contribution in [0.15, 0.2) is 0 Å². The lowest BCUT2D eigenvalue weighted by molar-refractivity contribution is -0.211. The Labute approximate surface area is 77.3 Å². The Hall–Kier alpha value is -2.30. The Morgan fingerprint density at radius 3 is 2.14 bits per heavy atom. The van der Waals surface area contributed by atoms with Crippen molar-refractivity contribution < 1.29 is 28.6 Å². The number of carbonyl (C=O) groups excluding carboxylic acids is 2. The van der Waals surface area contributed by atoms with Crippen molar-refractivity contribution in [3.63, 3.8) is 0 Å². The summed E-state index contributed by atoms with van der Waals surface area (Å²) in [7, 11) is 0. The van der Waals surface area contributed by atoms with Gasteiger partial charge in [0.1, 0.15) is 0 Å². The first-order valence-corrected chi connectivity index (χ1v) is 3.40. The topological polar surface area (TPSA) is 125 Å². The first-order chi connectivity index (χ1) is 6.52. The van der Waals surface area contributed by atoms with E-state index in [1.54, 1.807) is 0 Å². The lowest BCUT2D eigenvalue weighted by atomic mass is 10.3. The fourth-order valence-electron chi connectivity index (χ4n) is 0.808. The van der Waals surface area contributed by atoms with Gasteiger partial charge in [0, 0.05) is 6.92 Å². The van der Waals surface area contributed by atoms with Crippen molar-refractivity contribution in [2.75, 3.05) is 0 Å². The zero-order valence-corrected chi connectivity index (χ0v) is 7.00. The van der Waals surface area contributed by atoms with Crippen LogP contribution in [-0.4, -0.2) is 39.2 Å². The summed E-state index contributed by atoms with van der Waals surface area (Å²) >= 11 is 0. The van der Waals surface area contributed by atoms with Crippen LogP contribution < -0.4 is 0 Å². The van der Waals surface area contributed by atoms with Crippen molar-refractivity contribution >= 4 is 23.9 Å². The summed E-state index contributed by atoms with van der Waals surface area (Å²) in [5, 5.41) is 0. The van der Waals surface area contributed by atoms with Crippen LogP contribution in [0.3, 0.4) is 0 Å². The molecule has 0 unspecified atom stereocenters. The fraction of sp³-hybridized carbons (Fsp3) is 0.333. The molecule has 1 saturated heterocycles. The summed E-state index contributed by atoms with van der Waals surface area (Å²) in [5.74, 6) is -4.10. The van der Waals surface area contributed by atoms with Gasteiger partial charge in [-0.25, -0.2) is 9.59 Å². The molecule has 0 aromatic carbocycles. The largest absolute Gasteiger partial charge is 0.483 e. The Kier molecular flexibility index (Phi) is 2.25. The standard InChI is InChI=1S/C6H4N4O4/c1-6(2-9-7)13-4(11)3(10-8)5(12)14-6/h2H,1H3. The number of ether oxygens (including phenoxy) is 2. The van der Waals surface area contributed by atoms with Gasteiger partial charge in [0.05, 0.1) is 0 Å². The fourth-order valence-corrected chi connectivity index (χ4v) is 0.808. The van der Waals surface area contributed by atoms with Crippen LogP contribution in [0.4, 0.5) is 0 Å². The second-order valence-electron chi connectivity index (χ2n) is 2.49. The van der Waals surface area contributed by atoms with Crippen molar-refractivity contribution in [2.45, 2.75) is 12.7 Å². The van der Waals surface area contributed by atoms with Crippen molar-refractivity contribution in [3.8, 4) is 0 Å². The summed E-state index contributed by atoms with van der Waals surface area (Å²) in [4.78, 5) is 26.9. The maximum Gasteiger partial charge on any atom is 0.483 e. The van der Waals surface area contributed by atoms with Crippen LogP contribution >= 0.6 is 0 Å². The van der Waals surface area contributed by atoms with E-state index in [1.165, 1.54) is 6.92 Å². The molecule has 14 heavy (non-hydrogen) atoms. The van der Waals surface area contributed by atoms with Gasteiger partial charge >= 0.3 is 29.7 Å². The van der Waals surface area contributed by atoms with Gasteiger partial charge in [0.2, 0.25) is 0 Å². The highest BCUT2D eigenvalue weighted by atomic mass is 16.7.